The van der Waals surface area contributed by atoms with E-state index in [2.05, 4.69) is 40.3 Å². The molecule has 0 unspecified atom stereocenters. The predicted molar refractivity (Wildman–Crippen MR) is 151 cm³/mol. The molecule has 3 rings (SSSR count). The number of aryl methyl sites for hydroxylation is 1. The smallest absolute Gasteiger partial charge is 0.225 e. The molecular formula is C30H33F2N5O. The number of carbonyl (C=O) groups is 1. The normalized spacial score (nSPS) is 11.1. The molecule has 0 saturated heterocycles. The largest absolute Gasteiger partial charge is 0.354 e. The van der Waals surface area contributed by atoms with E-state index in [1.807, 2.05) is 25.1 Å². The van der Waals surface area contributed by atoms with Gasteiger partial charge in [-0.2, -0.15) is 4.98 Å². The number of amides is 1. The number of terminal acetylenes is 1. The first-order valence-electron chi connectivity index (χ1n) is 12.7. The van der Waals surface area contributed by atoms with Crippen molar-refractivity contribution < 1.29 is 13.6 Å². The summed E-state index contributed by atoms with van der Waals surface area (Å²) in [4.78, 5) is 23.1. The summed E-state index contributed by atoms with van der Waals surface area (Å²) in [6.45, 7) is 9.68. The van der Waals surface area contributed by atoms with E-state index in [1.165, 1.54) is 30.4 Å². The number of rotatable bonds is 13. The molecule has 8 heteroatoms. The topological polar surface area (TPSA) is 70.2 Å². The van der Waals surface area contributed by atoms with Crippen LogP contribution in [0.3, 0.4) is 0 Å². The van der Waals surface area contributed by atoms with E-state index >= 15 is 0 Å². The summed E-state index contributed by atoms with van der Waals surface area (Å²) in [5.74, 6) is 1.79. The Bertz CT molecular complexity index is 1310. The molecule has 0 aliphatic heterocycles. The number of hydrogen-bond donors (Lipinski definition) is 2. The molecule has 0 saturated carbocycles. The number of halogens is 2. The van der Waals surface area contributed by atoms with Gasteiger partial charge in [0.25, 0.3) is 0 Å². The van der Waals surface area contributed by atoms with Crippen molar-refractivity contribution in [1.29, 1.82) is 0 Å². The van der Waals surface area contributed by atoms with E-state index in [-0.39, 0.29) is 11.4 Å². The second-order valence-corrected chi connectivity index (χ2v) is 8.73. The number of aromatic nitrogens is 2. The number of hydrogen-bond acceptors (Lipinski definition) is 5. The van der Waals surface area contributed by atoms with Crippen molar-refractivity contribution in [2.45, 2.75) is 33.6 Å². The Morgan fingerprint density at radius 2 is 1.76 bits per heavy atom. The molecular weight excluding hydrogens is 484 g/mol. The highest BCUT2D eigenvalue weighted by Crippen LogP contribution is 2.33. The van der Waals surface area contributed by atoms with E-state index in [0.717, 1.165) is 42.7 Å². The summed E-state index contributed by atoms with van der Waals surface area (Å²) in [6, 6.07) is 9.50. The third-order valence-corrected chi connectivity index (χ3v) is 6.25. The van der Waals surface area contributed by atoms with Gasteiger partial charge in [-0.15, -0.1) is 12.3 Å². The minimum atomic E-state index is -0.702. The zero-order chi connectivity index (χ0) is 27.5. The molecule has 0 atom stereocenters. The molecule has 0 aliphatic rings. The van der Waals surface area contributed by atoms with Crippen molar-refractivity contribution in [2.24, 2.45) is 0 Å². The van der Waals surface area contributed by atoms with Crippen LogP contribution in [0.1, 0.15) is 42.5 Å². The molecule has 2 aromatic carbocycles. The van der Waals surface area contributed by atoms with Crippen molar-refractivity contribution in [3.63, 3.8) is 0 Å². The summed E-state index contributed by atoms with van der Waals surface area (Å²) in [5.41, 5.74) is 3.32. The minimum Gasteiger partial charge on any atom is -0.354 e. The Kier molecular flexibility index (Phi) is 10.5. The Labute approximate surface area is 223 Å². The first kappa shape index (κ1) is 28.5. The van der Waals surface area contributed by atoms with Crippen LogP contribution in [0.15, 0.2) is 36.4 Å². The van der Waals surface area contributed by atoms with Crippen LogP contribution in [-0.4, -0.2) is 47.5 Å². The highest BCUT2D eigenvalue weighted by atomic mass is 19.1. The van der Waals surface area contributed by atoms with Gasteiger partial charge in [0.15, 0.2) is 0 Å². The molecule has 1 aromatic heterocycles. The standard InChI is InChI=1S/C30H33F2N5O/c1-5-10-22-14-13-21(4)25(19-22)28-24(16-15-23-26(31)11-8-12-27(23)32)29(34-20-38)36-30(35-28)33-17-9-18-37(6-2)7-3/h1,8,11-16,19-20H,6-7,9-10,17-18H2,2-4H3,(H2,33,34,35,36,38)/b16-15-. The van der Waals surface area contributed by atoms with Gasteiger partial charge in [0, 0.05) is 29.7 Å². The lowest BCUT2D eigenvalue weighted by molar-refractivity contribution is -0.105. The molecule has 0 aliphatic carbocycles. The van der Waals surface area contributed by atoms with Gasteiger partial charge in [-0.05, 0) is 74.5 Å². The zero-order valence-electron chi connectivity index (χ0n) is 22.0. The first-order chi connectivity index (χ1) is 18.4. The second kappa shape index (κ2) is 14.0. The molecule has 3 aromatic rings. The molecule has 1 amide bonds. The maximum absolute atomic E-state index is 14.3. The monoisotopic (exact) mass is 517 g/mol. The molecule has 0 bridgehead atoms. The van der Waals surface area contributed by atoms with Gasteiger partial charge in [-0.1, -0.05) is 32.0 Å². The van der Waals surface area contributed by atoms with Crippen molar-refractivity contribution in [1.82, 2.24) is 14.9 Å². The van der Waals surface area contributed by atoms with Crippen LogP contribution in [-0.2, 0) is 11.2 Å². The summed E-state index contributed by atoms with van der Waals surface area (Å²) in [7, 11) is 0. The average molecular weight is 518 g/mol. The molecule has 198 valence electrons. The van der Waals surface area contributed by atoms with E-state index in [0.29, 0.717) is 36.6 Å². The van der Waals surface area contributed by atoms with Crippen molar-refractivity contribution >= 4 is 30.3 Å². The van der Waals surface area contributed by atoms with Crippen LogP contribution in [0.2, 0.25) is 0 Å². The molecule has 38 heavy (non-hydrogen) atoms. The molecule has 6 nitrogen and oxygen atoms in total. The van der Waals surface area contributed by atoms with Gasteiger partial charge in [0.1, 0.15) is 17.5 Å². The molecule has 0 spiro atoms. The van der Waals surface area contributed by atoms with Gasteiger partial charge < -0.3 is 15.5 Å². The van der Waals surface area contributed by atoms with Crippen LogP contribution in [0.5, 0.6) is 0 Å². The van der Waals surface area contributed by atoms with Gasteiger partial charge in [-0.25, -0.2) is 13.8 Å². The quantitative estimate of drug-likeness (QED) is 0.171. The fraction of sp³-hybridized carbons (Fsp3) is 0.300. The molecule has 1 heterocycles. The molecule has 0 radical (unpaired) electrons. The van der Waals surface area contributed by atoms with E-state index in [9.17, 15) is 13.6 Å². The lowest BCUT2D eigenvalue weighted by Gasteiger charge is -2.18. The number of nitrogens with one attached hydrogen (secondary N) is 2. The maximum Gasteiger partial charge on any atom is 0.225 e. The van der Waals surface area contributed by atoms with Crippen molar-refractivity contribution in [3.05, 3.63) is 70.3 Å². The Hall–Kier alpha value is -4.09. The SMILES string of the molecule is C#CCc1ccc(C)c(-c2nc(NCCCN(CC)CC)nc(NC=O)c2/C=C\c2c(F)cccc2F)c1. The molecule has 0 fully saturated rings. The fourth-order valence-corrected chi connectivity index (χ4v) is 4.11. The highest BCUT2D eigenvalue weighted by Gasteiger charge is 2.17. The summed E-state index contributed by atoms with van der Waals surface area (Å²) >= 11 is 0. The third-order valence-electron chi connectivity index (χ3n) is 6.25. The van der Waals surface area contributed by atoms with Gasteiger partial charge >= 0.3 is 0 Å². The number of nitrogens with zero attached hydrogens (tertiary/aromatic N) is 3. The van der Waals surface area contributed by atoms with Crippen LogP contribution >= 0.6 is 0 Å². The van der Waals surface area contributed by atoms with Crippen LogP contribution in [0, 0.1) is 30.9 Å². The van der Waals surface area contributed by atoms with Crippen LogP contribution in [0.4, 0.5) is 20.5 Å². The van der Waals surface area contributed by atoms with Gasteiger partial charge in [-0.3, -0.25) is 4.79 Å². The first-order valence-corrected chi connectivity index (χ1v) is 12.7. The Morgan fingerprint density at radius 3 is 2.42 bits per heavy atom. The summed E-state index contributed by atoms with van der Waals surface area (Å²) in [5, 5.41) is 5.88. The third kappa shape index (κ3) is 7.24. The zero-order valence-corrected chi connectivity index (χ0v) is 22.0. The fourth-order valence-electron chi connectivity index (χ4n) is 4.11. The minimum absolute atomic E-state index is 0.202. The lowest BCUT2D eigenvalue weighted by atomic mass is 9.97. The Morgan fingerprint density at radius 1 is 1.05 bits per heavy atom. The second-order valence-electron chi connectivity index (χ2n) is 8.73. The predicted octanol–water partition coefficient (Wildman–Crippen LogP) is 5.79. The number of carbonyl (C=O) groups excluding carboxylic acids is 1. The van der Waals surface area contributed by atoms with Gasteiger partial charge in [0.2, 0.25) is 12.4 Å². The lowest BCUT2D eigenvalue weighted by Crippen LogP contribution is -2.25. The van der Waals surface area contributed by atoms with Crippen molar-refractivity contribution in [2.75, 3.05) is 36.8 Å². The van der Waals surface area contributed by atoms with Crippen molar-refractivity contribution in [3.8, 4) is 23.6 Å². The summed E-state index contributed by atoms with van der Waals surface area (Å²) < 4.78 is 28.7. The highest BCUT2D eigenvalue weighted by molar-refractivity contribution is 5.89. The van der Waals surface area contributed by atoms with E-state index in [1.54, 1.807) is 0 Å². The number of benzene rings is 2. The van der Waals surface area contributed by atoms with Crippen LogP contribution < -0.4 is 10.6 Å². The summed E-state index contributed by atoms with van der Waals surface area (Å²) in [6.07, 6.45) is 10.2. The molecule has 2 N–H and O–H groups in total. The average Bonchev–Trinajstić information content (AvgIpc) is 2.90. The van der Waals surface area contributed by atoms with E-state index < -0.39 is 11.6 Å². The van der Waals surface area contributed by atoms with E-state index in [4.69, 9.17) is 11.4 Å². The van der Waals surface area contributed by atoms with Crippen LogP contribution in [0.25, 0.3) is 23.4 Å². The van der Waals surface area contributed by atoms with Gasteiger partial charge in [0.05, 0.1) is 5.69 Å². The Balaban J connectivity index is 2.11. The maximum atomic E-state index is 14.3. The number of anilines is 2.